The molecule has 0 spiro atoms. The molecule has 0 radical (unpaired) electrons. The maximum Gasteiger partial charge on any atom is 0.182 e. The summed E-state index contributed by atoms with van der Waals surface area (Å²) >= 11 is 0. The smallest absolute Gasteiger partial charge is 0.182 e. The lowest BCUT2D eigenvalue weighted by Gasteiger charge is -2.10. The lowest BCUT2D eigenvalue weighted by Crippen LogP contribution is -2.08. The zero-order chi connectivity index (χ0) is 13.7. The van der Waals surface area contributed by atoms with Crippen LogP contribution in [0.4, 0.5) is 0 Å². The minimum absolute atomic E-state index is 0.167. The Bertz CT molecular complexity index is 506. The van der Waals surface area contributed by atoms with Crippen LogP contribution in [0.1, 0.15) is 20.3 Å². The molecule has 0 fully saturated rings. The Morgan fingerprint density at radius 1 is 1.26 bits per heavy atom. The molecule has 6 heteroatoms. The minimum atomic E-state index is 0.167. The summed E-state index contributed by atoms with van der Waals surface area (Å²) in [6.07, 6.45) is 1.02. The molecule has 1 aromatic carbocycles. The van der Waals surface area contributed by atoms with E-state index in [1.165, 1.54) is 0 Å². The summed E-state index contributed by atoms with van der Waals surface area (Å²) in [5.41, 5.74) is 6.47. The molecule has 0 amide bonds. The van der Waals surface area contributed by atoms with E-state index < -0.39 is 0 Å². The van der Waals surface area contributed by atoms with Crippen LogP contribution in [0.25, 0.3) is 11.4 Å². The van der Waals surface area contributed by atoms with Gasteiger partial charge in [0.05, 0.1) is 6.10 Å². The number of benzene rings is 1. The molecule has 1 heterocycles. The first-order valence-corrected chi connectivity index (χ1v) is 6.44. The molecule has 0 saturated heterocycles. The highest BCUT2D eigenvalue weighted by molar-refractivity contribution is 5.55. The summed E-state index contributed by atoms with van der Waals surface area (Å²) in [6.45, 7) is 5.35. The Morgan fingerprint density at radius 2 is 2.00 bits per heavy atom. The van der Waals surface area contributed by atoms with Crippen molar-refractivity contribution in [3.63, 3.8) is 0 Å². The van der Waals surface area contributed by atoms with E-state index in [1.807, 2.05) is 38.1 Å². The van der Waals surface area contributed by atoms with Gasteiger partial charge >= 0.3 is 0 Å². The Hall–Kier alpha value is -1.95. The number of aryl methyl sites for hydroxylation is 1. The Morgan fingerprint density at radius 3 is 2.63 bits per heavy atom. The van der Waals surface area contributed by atoms with Gasteiger partial charge in [-0.1, -0.05) is 0 Å². The van der Waals surface area contributed by atoms with Gasteiger partial charge in [0.1, 0.15) is 5.75 Å². The predicted octanol–water partition coefficient (Wildman–Crippen LogP) is 1.48. The van der Waals surface area contributed by atoms with Crippen molar-refractivity contribution in [2.24, 2.45) is 5.73 Å². The van der Waals surface area contributed by atoms with E-state index in [4.69, 9.17) is 10.5 Å². The van der Waals surface area contributed by atoms with Crippen molar-refractivity contribution in [2.75, 3.05) is 6.54 Å². The van der Waals surface area contributed by atoms with Crippen LogP contribution in [-0.2, 0) is 6.54 Å². The Labute approximate surface area is 112 Å². The van der Waals surface area contributed by atoms with Gasteiger partial charge in [-0.3, -0.25) is 0 Å². The molecule has 2 rings (SSSR count). The molecule has 2 aromatic rings. The lowest BCUT2D eigenvalue weighted by molar-refractivity contribution is 0.242. The maximum atomic E-state index is 5.61. The van der Waals surface area contributed by atoms with Gasteiger partial charge in [-0.2, -0.15) is 0 Å². The van der Waals surface area contributed by atoms with E-state index in [0.29, 0.717) is 6.54 Å². The van der Waals surface area contributed by atoms with Crippen molar-refractivity contribution < 1.29 is 4.74 Å². The second-order valence-electron chi connectivity index (χ2n) is 4.56. The van der Waals surface area contributed by atoms with Crippen molar-refractivity contribution in [3.05, 3.63) is 24.3 Å². The van der Waals surface area contributed by atoms with Crippen LogP contribution in [0.2, 0.25) is 0 Å². The minimum Gasteiger partial charge on any atom is -0.491 e. The molecule has 0 unspecified atom stereocenters. The fraction of sp³-hybridized carbons (Fsp3) is 0.462. The van der Waals surface area contributed by atoms with E-state index in [9.17, 15) is 0 Å². The van der Waals surface area contributed by atoms with Gasteiger partial charge in [0.25, 0.3) is 0 Å². The van der Waals surface area contributed by atoms with Gasteiger partial charge < -0.3 is 10.5 Å². The second kappa shape index (κ2) is 6.29. The molecule has 19 heavy (non-hydrogen) atoms. The molecule has 0 aliphatic carbocycles. The summed E-state index contributed by atoms with van der Waals surface area (Å²) < 4.78 is 7.38. The molecule has 0 atom stereocenters. The molecule has 2 N–H and O–H groups in total. The number of rotatable bonds is 6. The summed E-state index contributed by atoms with van der Waals surface area (Å²) in [5, 5.41) is 11.7. The van der Waals surface area contributed by atoms with Gasteiger partial charge in [-0.25, -0.2) is 4.68 Å². The fourth-order valence-corrected chi connectivity index (χ4v) is 1.76. The van der Waals surface area contributed by atoms with Crippen LogP contribution in [0.15, 0.2) is 24.3 Å². The van der Waals surface area contributed by atoms with Crippen LogP contribution in [0.5, 0.6) is 5.75 Å². The SMILES string of the molecule is CC(C)Oc1ccc(-c2nnnn2CCCN)cc1. The predicted molar refractivity (Wildman–Crippen MR) is 72.7 cm³/mol. The van der Waals surface area contributed by atoms with Crippen LogP contribution in [0, 0.1) is 0 Å². The molecule has 0 aliphatic rings. The van der Waals surface area contributed by atoms with Crippen LogP contribution >= 0.6 is 0 Å². The monoisotopic (exact) mass is 261 g/mol. The first-order valence-electron chi connectivity index (χ1n) is 6.44. The standard InChI is InChI=1S/C13H19N5O/c1-10(2)19-12-6-4-11(5-7-12)13-15-16-17-18(13)9-3-8-14/h4-7,10H,3,8-9,14H2,1-2H3. The molecule has 1 aromatic heterocycles. The third-order valence-corrected chi connectivity index (χ3v) is 2.59. The maximum absolute atomic E-state index is 5.61. The second-order valence-corrected chi connectivity index (χ2v) is 4.56. The normalized spacial score (nSPS) is 10.9. The van der Waals surface area contributed by atoms with Gasteiger partial charge in [0.15, 0.2) is 5.82 Å². The average molecular weight is 261 g/mol. The molecule has 6 nitrogen and oxygen atoms in total. The number of aromatic nitrogens is 4. The van der Waals surface area contributed by atoms with Crippen molar-refractivity contribution in [3.8, 4) is 17.1 Å². The zero-order valence-corrected chi connectivity index (χ0v) is 11.3. The van der Waals surface area contributed by atoms with Gasteiger partial charge in [-0.15, -0.1) is 5.10 Å². The van der Waals surface area contributed by atoms with E-state index in [1.54, 1.807) is 4.68 Å². The largest absolute Gasteiger partial charge is 0.491 e. The van der Waals surface area contributed by atoms with Crippen molar-refractivity contribution >= 4 is 0 Å². The third-order valence-electron chi connectivity index (χ3n) is 2.59. The third kappa shape index (κ3) is 3.51. The molecule has 0 saturated carbocycles. The van der Waals surface area contributed by atoms with E-state index in [0.717, 1.165) is 30.1 Å². The molecular formula is C13H19N5O. The number of hydrogen-bond acceptors (Lipinski definition) is 5. The molecule has 0 bridgehead atoms. The van der Waals surface area contributed by atoms with Crippen molar-refractivity contribution in [1.29, 1.82) is 0 Å². The summed E-state index contributed by atoms with van der Waals surface area (Å²) in [6, 6.07) is 7.78. The van der Waals surface area contributed by atoms with E-state index >= 15 is 0 Å². The number of nitrogens with zero attached hydrogens (tertiary/aromatic N) is 4. The topological polar surface area (TPSA) is 78.9 Å². The number of ether oxygens (including phenoxy) is 1. The van der Waals surface area contributed by atoms with Crippen LogP contribution < -0.4 is 10.5 Å². The van der Waals surface area contributed by atoms with E-state index in [2.05, 4.69) is 15.5 Å². The molecular weight excluding hydrogens is 242 g/mol. The summed E-state index contributed by atoms with van der Waals surface area (Å²) in [7, 11) is 0. The first kappa shape index (κ1) is 13.5. The zero-order valence-electron chi connectivity index (χ0n) is 11.3. The highest BCUT2D eigenvalue weighted by atomic mass is 16.5. The summed E-state index contributed by atoms with van der Waals surface area (Å²) in [4.78, 5) is 0. The van der Waals surface area contributed by atoms with E-state index in [-0.39, 0.29) is 6.10 Å². The highest BCUT2D eigenvalue weighted by Gasteiger charge is 2.08. The number of tetrazole rings is 1. The Kier molecular flexibility index (Phi) is 4.46. The molecule has 0 aliphatic heterocycles. The van der Waals surface area contributed by atoms with Crippen LogP contribution in [-0.4, -0.2) is 32.9 Å². The highest BCUT2D eigenvalue weighted by Crippen LogP contribution is 2.20. The average Bonchev–Trinajstić information content (AvgIpc) is 2.85. The quantitative estimate of drug-likeness (QED) is 0.852. The van der Waals surface area contributed by atoms with Gasteiger partial charge in [-0.05, 0) is 61.5 Å². The number of nitrogens with two attached hydrogens (primary N) is 1. The number of hydrogen-bond donors (Lipinski definition) is 1. The first-order chi connectivity index (χ1) is 9.20. The molecule has 102 valence electrons. The summed E-state index contributed by atoms with van der Waals surface area (Å²) in [5.74, 6) is 1.60. The van der Waals surface area contributed by atoms with Crippen LogP contribution in [0.3, 0.4) is 0 Å². The van der Waals surface area contributed by atoms with Gasteiger partial charge in [0, 0.05) is 12.1 Å². The lowest BCUT2D eigenvalue weighted by atomic mass is 10.2. The Balaban J connectivity index is 2.15. The van der Waals surface area contributed by atoms with Gasteiger partial charge in [0.2, 0.25) is 0 Å². The van der Waals surface area contributed by atoms with Crippen molar-refractivity contribution in [1.82, 2.24) is 20.2 Å². The van der Waals surface area contributed by atoms with Crippen molar-refractivity contribution in [2.45, 2.75) is 32.9 Å². The fourth-order valence-electron chi connectivity index (χ4n) is 1.76.